The normalized spacial score (nSPS) is 11.6. The zero-order valence-electron chi connectivity index (χ0n) is 12.5. The summed E-state index contributed by atoms with van der Waals surface area (Å²) in [4.78, 5) is 7.29. The molecule has 0 radical (unpaired) electrons. The average Bonchev–Trinajstić information content (AvgIpc) is 2.96. The van der Waals surface area contributed by atoms with Crippen LogP contribution in [0.25, 0.3) is 0 Å². The van der Waals surface area contributed by atoms with Crippen LogP contribution in [0.15, 0.2) is 36.7 Å². The van der Waals surface area contributed by atoms with E-state index in [0.29, 0.717) is 12.4 Å². The number of nitrogens with zero attached hydrogens (tertiary/aromatic N) is 1. The second kappa shape index (κ2) is 7.22. The van der Waals surface area contributed by atoms with Gasteiger partial charge in [0.25, 0.3) is 0 Å². The van der Waals surface area contributed by atoms with Crippen LogP contribution in [0, 0.1) is 5.82 Å². The molecule has 0 amide bonds. The van der Waals surface area contributed by atoms with Crippen LogP contribution in [0.2, 0.25) is 0 Å². The lowest BCUT2D eigenvalue weighted by Crippen LogP contribution is -2.45. The average molecular weight is 291 g/mol. The molecule has 0 saturated heterocycles. The van der Waals surface area contributed by atoms with Gasteiger partial charge in [-0.1, -0.05) is 0 Å². The molecule has 0 atom stereocenters. The summed E-state index contributed by atoms with van der Waals surface area (Å²) < 4.78 is 18.5. The fraction of sp³-hybridized carbons (Fsp3) is 0.438. The summed E-state index contributed by atoms with van der Waals surface area (Å²) in [5.41, 5.74) is -0.141. The van der Waals surface area contributed by atoms with Crippen molar-refractivity contribution in [2.45, 2.75) is 32.2 Å². The van der Waals surface area contributed by atoms with Crippen molar-refractivity contribution in [1.29, 1.82) is 0 Å². The minimum atomic E-state index is -0.252. The Balaban J connectivity index is 1.67. The van der Waals surface area contributed by atoms with Gasteiger partial charge in [0, 0.05) is 24.4 Å². The molecule has 0 unspecified atom stereocenters. The van der Waals surface area contributed by atoms with Crippen molar-refractivity contribution < 1.29 is 9.13 Å². The summed E-state index contributed by atoms with van der Waals surface area (Å²) in [6.07, 6.45) is 5.54. The first-order chi connectivity index (χ1) is 10.1. The van der Waals surface area contributed by atoms with E-state index in [1.807, 2.05) is 6.20 Å². The molecular formula is C16H22FN3O. The molecule has 2 rings (SSSR count). The van der Waals surface area contributed by atoms with Gasteiger partial charge in [-0.15, -0.1) is 0 Å². The predicted octanol–water partition coefficient (Wildman–Crippen LogP) is 2.93. The van der Waals surface area contributed by atoms with E-state index in [-0.39, 0.29) is 11.4 Å². The van der Waals surface area contributed by atoms with Crippen LogP contribution in [0.1, 0.15) is 26.1 Å². The molecule has 2 aromatic rings. The Morgan fingerprint density at radius 3 is 2.71 bits per heavy atom. The Hall–Kier alpha value is -1.88. The van der Waals surface area contributed by atoms with Crippen molar-refractivity contribution in [2.24, 2.45) is 0 Å². The van der Waals surface area contributed by atoms with E-state index in [1.54, 1.807) is 18.3 Å². The summed E-state index contributed by atoms with van der Waals surface area (Å²) in [6, 6.07) is 6.09. The number of halogens is 1. The van der Waals surface area contributed by atoms with Crippen molar-refractivity contribution in [3.8, 4) is 5.75 Å². The van der Waals surface area contributed by atoms with E-state index in [4.69, 9.17) is 4.74 Å². The number of aryl methyl sites for hydroxylation is 1. The van der Waals surface area contributed by atoms with Crippen molar-refractivity contribution >= 4 is 0 Å². The van der Waals surface area contributed by atoms with E-state index in [9.17, 15) is 4.39 Å². The molecule has 0 aliphatic carbocycles. The Bertz CT molecular complexity index is 523. The van der Waals surface area contributed by atoms with Crippen molar-refractivity contribution in [2.75, 3.05) is 13.2 Å². The highest BCUT2D eigenvalue weighted by Gasteiger charge is 2.17. The van der Waals surface area contributed by atoms with Gasteiger partial charge in [-0.25, -0.2) is 9.37 Å². The number of aromatic amines is 1. The number of aromatic nitrogens is 2. The second-order valence-electron chi connectivity index (χ2n) is 5.69. The molecule has 2 N–H and O–H groups in total. The minimum Gasteiger partial charge on any atom is -0.492 e. The maximum Gasteiger partial charge on any atom is 0.123 e. The Morgan fingerprint density at radius 1 is 1.29 bits per heavy atom. The van der Waals surface area contributed by atoms with E-state index in [1.165, 1.54) is 12.1 Å². The van der Waals surface area contributed by atoms with E-state index < -0.39 is 0 Å². The van der Waals surface area contributed by atoms with Crippen LogP contribution in [-0.4, -0.2) is 28.7 Å². The predicted molar refractivity (Wildman–Crippen MR) is 80.9 cm³/mol. The third kappa shape index (κ3) is 5.55. The smallest absolute Gasteiger partial charge is 0.123 e. The molecular weight excluding hydrogens is 269 g/mol. The number of nitrogens with one attached hydrogen (secondary N) is 2. The van der Waals surface area contributed by atoms with Gasteiger partial charge in [-0.05, 0) is 51.1 Å². The van der Waals surface area contributed by atoms with Gasteiger partial charge in [0.2, 0.25) is 0 Å². The van der Waals surface area contributed by atoms with Gasteiger partial charge in [0.15, 0.2) is 0 Å². The lowest BCUT2D eigenvalue weighted by molar-refractivity contribution is 0.208. The third-order valence-electron chi connectivity index (χ3n) is 3.16. The highest BCUT2D eigenvalue weighted by molar-refractivity contribution is 5.22. The number of hydrogen-bond donors (Lipinski definition) is 2. The number of benzene rings is 1. The van der Waals surface area contributed by atoms with Crippen LogP contribution >= 0.6 is 0 Å². The third-order valence-corrected chi connectivity index (χ3v) is 3.16. The van der Waals surface area contributed by atoms with Crippen LogP contribution in [0.3, 0.4) is 0 Å². The first kappa shape index (κ1) is 15.5. The van der Waals surface area contributed by atoms with Crippen molar-refractivity contribution in [3.05, 3.63) is 48.3 Å². The summed E-state index contributed by atoms with van der Waals surface area (Å²) in [7, 11) is 0. The highest BCUT2D eigenvalue weighted by atomic mass is 19.1. The fourth-order valence-corrected chi connectivity index (χ4v) is 1.96. The largest absolute Gasteiger partial charge is 0.492 e. The van der Waals surface area contributed by atoms with E-state index in [0.717, 1.165) is 25.2 Å². The van der Waals surface area contributed by atoms with Crippen molar-refractivity contribution in [1.82, 2.24) is 15.3 Å². The van der Waals surface area contributed by atoms with Crippen LogP contribution < -0.4 is 10.1 Å². The van der Waals surface area contributed by atoms with Gasteiger partial charge in [0.05, 0.1) is 0 Å². The highest BCUT2D eigenvalue weighted by Crippen LogP contribution is 2.13. The number of H-pyrrole nitrogens is 1. The molecule has 4 nitrogen and oxygen atoms in total. The molecule has 21 heavy (non-hydrogen) atoms. The quantitative estimate of drug-likeness (QED) is 0.735. The first-order valence-corrected chi connectivity index (χ1v) is 7.17. The fourth-order valence-electron chi connectivity index (χ4n) is 1.96. The number of ether oxygens (including phenoxy) is 1. The van der Waals surface area contributed by atoms with Crippen molar-refractivity contribution in [3.63, 3.8) is 0 Å². The molecule has 0 aliphatic rings. The lowest BCUT2D eigenvalue weighted by atomic mass is 10.1. The zero-order chi connectivity index (χ0) is 15.1. The van der Waals surface area contributed by atoms with Gasteiger partial charge in [-0.2, -0.15) is 0 Å². The molecule has 0 bridgehead atoms. The van der Waals surface area contributed by atoms with Crippen LogP contribution in [-0.2, 0) is 6.42 Å². The standard InChI is InChI=1S/C16H22FN3O/c1-16(2,12-21-14-7-5-13(17)6-8-14)20-9-3-4-15-18-10-11-19-15/h5-8,10-11,20H,3-4,9,12H2,1-2H3,(H,18,19). The van der Waals surface area contributed by atoms with Crippen LogP contribution in [0.4, 0.5) is 4.39 Å². The van der Waals surface area contributed by atoms with Gasteiger partial charge < -0.3 is 15.0 Å². The molecule has 5 heteroatoms. The SMILES string of the molecule is CC(C)(COc1ccc(F)cc1)NCCCc1ncc[nH]1. The summed E-state index contributed by atoms with van der Waals surface area (Å²) in [6.45, 7) is 5.59. The monoisotopic (exact) mass is 291 g/mol. The molecule has 114 valence electrons. The molecule has 0 saturated carbocycles. The number of imidazole rings is 1. The van der Waals surface area contributed by atoms with E-state index in [2.05, 4.69) is 29.1 Å². The molecule has 0 aliphatic heterocycles. The Labute approximate surface area is 124 Å². The van der Waals surface area contributed by atoms with Gasteiger partial charge in [0.1, 0.15) is 24.0 Å². The minimum absolute atomic E-state index is 0.141. The van der Waals surface area contributed by atoms with Gasteiger partial charge >= 0.3 is 0 Å². The maximum atomic E-state index is 12.8. The molecule has 1 heterocycles. The topological polar surface area (TPSA) is 49.9 Å². The second-order valence-corrected chi connectivity index (χ2v) is 5.69. The lowest BCUT2D eigenvalue weighted by Gasteiger charge is -2.26. The van der Waals surface area contributed by atoms with E-state index >= 15 is 0 Å². The summed E-state index contributed by atoms with van der Waals surface area (Å²) in [5, 5.41) is 3.46. The Kier molecular flexibility index (Phi) is 5.33. The molecule has 0 spiro atoms. The number of rotatable bonds is 8. The Morgan fingerprint density at radius 2 is 2.05 bits per heavy atom. The summed E-state index contributed by atoms with van der Waals surface area (Å²) in [5.74, 6) is 1.44. The molecule has 0 fully saturated rings. The molecule has 1 aromatic heterocycles. The maximum absolute atomic E-state index is 12.8. The first-order valence-electron chi connectivity index (χ1n) is 7.17. The van der Waals surface area contributed by atoms with Gasteiger partial charge in [-0.3, -0.25) is 0 Å². The van der Waals surface area contributed by atoms with Crippen LogP contribution in [0.5, 0.6) is 5.75 Å². The molecule has 1 aromatic carbocycles. The zero-order valence-corrected chi connectivity index (χ0v) is 12.5. The summed E-state index contributed by atoms with van der Waals surface area (Å²) >= 11 is 0. The number of hydrogen-bond acceptors (Lipinski definition) is 3.